The van der Waals surface area contributed by atoms with Crippen molar-refractivity contribution in [2.75, 3.05) is 43.1 Å². The Morgan fingerprint density at radius 3 is 2.29 bits per heavy atom. The Morgan fingerprint density at radius 1 is 1.00 bits per heavy atom. The highest BCUT2D eigenvalue weighted by Crippen LogP contribution is 2.33. The summed E-state index contributed by atoms with van der Waals surface area (Å²) in [6.07, 6.45) is -4.53. The van der Waals surface area contributed by atoms with E-state index < -0.39 is 29.6 Å². The Bertz CT molecular complexity index is 970. The molecule has 2 aromatic carbocycles. The number of imide groups is 1. The third-order valence-corrected chi connectivity index (χ3v) is 5.91. The molecule has 1 N–H and O–H groups in total. The Kier molecular flexibility index (Phi) is 5.62. The predicted molar refractivity (Wildman–Crippen MR) is 108 cm³/mol. The molecule has 4 rings (SSSR count). The van der Waals surface area contributed by atoms with Gasteiger partial charge in [0.15, 0.2) is 6.04 Å². The molecule has 0 bridgehead atoms. The zero-order valence-corrected chi connectivity index (χ0v) is 17.0. The standard InChI is InChI=1S/C22H22F3N3O3/c1-31-18-7-5-16(6-8-18)26-9-11-27(12-10-26)19-14-20(29)28(21(19)30)17-4-2-3-15(13-17)22(23,24)25/h2-8,13,19H,9-12,14H2,1H3/p+1/t19-/m0/s1. The summed E-state index contributed by atoms with van der Waals surface area (Å²) in [6, 6.07) is 11.5. The van der Waals surface area contributed by atoms with Gasteiger partial charge in [-0.1, -0.05) is 6.07 Å². The van der Waals surface area contributed by atoms with Gasteiger partial charge in [-0.05, 0) is 42.5 Å². The number of halogens is 3. The minimum atomic E-state index is -4.54. The van der Waals surface area contributed by atoms with Crippen LogP contribution >= 0.6 is 0 Å². The van der Waals surface area contributed by atoms with Crippen molar-refractivity contribution in [3.63, 3.8) is 0 Å². The van der Waals surface area contributed by atoms with Crippen LogP contribution in [0.4, 0.5) is 24.5 Å². The minimum Gasteiger partial charge on any atom is -0.497 e. The summed E-state index contributed by atoms with van der Waals surface area (Å²) in [7, 11) is 1.61. The van der Waals surface area contributed by atoms with Gasteiger partial charge in [0.05, 0.1) is 51.0 Å². The van der Waals surface area contributed by atoms with Crippen LogP contribution in [0.5, 0.6) is 5.75 Å². The fraction of sp³-hybridized carbons (Fsp3) is 0.364. The summed E-state index contributed by atoms with van der Waals surface area (Å²) < 4.78 is 44.3. The van der Waals surface area contributed by atoms with Crippen LogP contribution in [-0.4, -0.2) is 51.1 Å². The highest BCUT2D eigenvalue weighted by atomic mass is 19.4. The summed E-state index contributed by atoms with van der Waals surface area (Å²) in [5, 5.41) is 0. The first-order chi connectivity index (χ1) is 14.8. The number of nitrogens with zero attached hydrogens (tertiary/aromatic N) is 2. The largest absolute Gasteiger partial charge is 0.497 e. The van der Waals surface area contributed by atoms with Crippen LogP contribution in [0.2, 0.25) is 0 Å². The van der Waals surface area contributed by atoms with Crippen LogP contribution in [0.3, 0.4) is 0 Å². The lowest BCUT2D eigenvalue weighted by atomic mass is 10.1. The number of quaternary nitrogens is 1. The molecule has 9 heteroatoms. The molecule has 0 spiro atoms. The van der Waals surface area contributed by atoms with Crippen molar-refractivity contribution in [3.8, 4) is 5.75 Å². The van der Waals surface area contributed by atoms with E-state index in [2.05, 4.69) is 4.90 Å². The van der Waals surface area contributed by atoms with Gasteiger partial charge in [0.25, 0.3) is 5.91 Å². The number of ether oxygens (including phenoxy) is 1. The van der Waals surface area contributed by atoms with Crippen molar-refractivity contribution < 1.29 is 32.4 Å². The molecule has 2 amide bonds. The molecule has 2 aliphatic rings. The van der Waals surface area contributed by atoms with Gasteiger partial charge in [-0.2, -0.15) is 13.2 Å². The zero-order valence-electron chi connectivity index (χ0n) is 17.0. The van der Waals surface area contributed by atoms with Gasteiger partial charge in [-0.25, -0.2) is 4.90 Å². The van der Waals surface area contributed by atoms with Crippen LogP contribution < -0.4 is 19.4 Å². The SMILES string of the molecule is COc1ccc(N2CC[NH+]([C@H]3CC(=O)N(c4cccc(C(F)(F)F)c4)C3=O)CC2)cc1. The van der Waals surface area contributed by atoms with Crippen molar-refractivity contribution in [3.05, 3.63) is 54.1 Å². The van der Waals surface area contributed by atoms with Crippen LogP contribution in [-0.2, 0) is 15.8 Å². The molecule has 1 atom stereocenters. The van der Waals surface area contributed by atoms with Gasteiger partial charge >= 0.3 is 6.18 Å². The molecule has 164 valence electrons. The third-order valence-electron chi connectivity index (χ3n) is 5.91. The van der Waals surface area contributed by atoms with E-state index in [0.29, 0.717) is 26.2 Å². The molecule has 2 fully saturated rings. The summed E-state index contributed by atoms with van der Waals surface area (Å²) in [4.78, 5) is 29.6. The number of benzene rings is 2. The average Bonchev–Trinajstić information content (AvgIpc) is 3.07. The summed E-state index contributed by atoms with van der Waals surface area (Å²) >= 11 is 0. The first-order valence-electron chi connectivity index (χ1n) is 10.1. The highest BCUT2D eigenvalue weighted by molar-refractivity contribution is 6.21. The van der Waals surface area contributed by atoms with E-state index in [-0.39, 0.29) is 12.1 Å². The number of alkyl halides is 3. The maximum absolute atomic E-state index is 13.0. The van der Waals surface area contributed by atoms with Gasteiger partial charge in [-0.3, -0.25) is 9.59 Å². The van der Waals surface area contributed by atoms with Gasteiger partial charge in [0.1, 0.15) is 5.75 Å². The molecule has 0 saturated carbocycles. The lowest BCUT2D eigenvalue weighted by Gasteiger charge is -2.35. The molecule has 0 radical (unpaired) electrons. The van der Waals surface area contributed by atoms with Crippen LogP contribution in [0.25, 0.3) is 0 Å². The van der Waals surface area contributed by atoms with Crippen molar-refractivity contribution in [2.24, 2.45) is 0 Å². The predicted octanol–water partition coefficient (Wildman–Crippen LogP) is 1.75. The molecular formula is C22H23F3N3O3+. The number of amides is 2. The number of hydrogen-bond donors (Lipinski definition) is 1. The number of nitrogens with one attached hydrogen (secondary N) is 1. The molecule has 6 nitrogen and oxygen atoms in total. The van der Waals surface area contributed by atoms with Crippen molar-refractivity contribution in [2.45, 2.75) is 18.6 Å². The molecule has 31 heavy (non-hydrogen) atoms. The Morgan fingerprint density at radius 2 is 1.68 bits per heavy atom. The number of hydrogen-bond acceptors (Lipinski definition) is 4. The monoisotopic (exact) mass is 434 g/mol. The lowest BCUT2D eigenvalue weighted by molar-refractivity contribution is -0.915. The van der Waals surface area contributed by atoms with Crippen molar-refractivity contribution >= 4 is 23.2 Å². The van der Waals surface area contributed by atoms with E-state index in [0.717, 1.165) is 33.4 Å². The Labute approximate surface area is 177 Å². The fourth-order valence-corrected chi connectivity index (χ4v) is 4.24. The Balaban J connectivity index is 1.44. The molecule has 0 aromatic heterocycles. The summed E-state index contributed by atoms with van der Waals surface area (Å²) in [6.45, 7) is 2.74. The maximum atomic E-state index is 13.0. The second-order valence-corrected chi connectivity index (χ2v) is 7.72. The number of rotatable bonds is 4. The molecule has 2 aliphatic heterocycles. The van der Waals surface area contributed by atoms with Crippen LogP contribution in [0.15, 0.2) is 48.5 Å². The first-order valence-corrected chi connectivity index (χ1v) is 10.1. The van der Waals surface area contributed by atoms with Crippen LogP contribution in [0, 0.1) is 0 Å². The summed E-state index contributed by atoms with van der Waals surface area (Å²) in [5.41, 5.74) is 0.150. The zero-order chi connectivity index (χ0) is 22.2. The maximum Gasteiger partial charge on any atom is 0.416 e. The minimum absolute atomic E-state index is 0.00689. The molecular weight excluding hydrogens is 411 g/mol. The van der Waals surface area contributed by atoms with Crippen molar-refractivity contribution in [1.82, 2.24) is 0 Å². The first kappa shape index (κ1) is 21.2. The van der Waals surface area contributed by atoms with Gasteiger partial charge in [0, 0.05) is 5.69 Å². The summed E-state index contributed by atoms with van der Waals surface area (Å²) in [5.74, 6) is -0.116. The molecule has 2 saturated heterocycles. The Hall–Kier alpha value is -3.07. The number of piperazine rings is 1. The van der Waals surface area contributed by atoms with Crippen LogP contribution in [0.1, 0.15) is 12.0 Å². The molecule has 0 unspecified atom stereocenters. The van der Waals surface area contributed by atoms with Gasteiger partial charge in [0.2, 0.25) is 5.91 Å². The van der Waals surface area contributed by atoms with E-state index in [9.17, 15) is 22.8 Å². The lowest BCUT2D eigenvalue weighted by Crippen LogP contribution is -3.19. The normalized spacial score (nSPS) is 20.5. The second kappa shape index (κ2) is 8.22. The van der Waals surface area contributed by atoms with Gasteiger partial charge < -0.3 is 14.5 Å². The highest BCUT2D eigenvalue weighted by Gasteiger charge is 2.46. The second-order valence-electron chi connectivity index (χ2n) is 7.72. The van der Waals surface area contributed by atoms with E-state index >= 15 is 0 Å². The average molecular weight is 434 g/mol. The number of carbonyl (C=O) groups is 2. The third kappa shape index (κ3) is 4.23. The number of anilines is 2. The van der Waals surface area contributed by atoms with Crippen molar-refractivity contribution in [1.29, 1.82) is 0 Å². The van der Waals surface area contributed by atoms with E-state index in [1.165, 1.54) is 12.1 Å². The smallest absolute Gasteiger partial charge is 0.416 e. The topological polar surface area (TPSA) is 54.3 Å². The quantitative estimate of drug-likeness (QED) is 0.746. The number of methoxy groups -OCH3 is 1. The fourth-order valence-electron chi connectivity index (χ4n) is 4.24. The molecule has 2 heterocycles. The van der Waals surface area contributed by atoms with E-state index in [1.54, 1.807) is 7.11 Å². The molecule has 2 aromatic rings. The molecule has 0 aliphatic carbocycles. The number of carbonyl (C=O) groups excluding carboxylic acids is 2. The van der Waals surface area contributed by atoms with E-state index in [4.69, 9.17) is 4.74 Å². The van der Waals surface area contributed by atoms with E-state index in [1.807, 2.05) is 24.3 Å². The van der Waals surface area contributed by atoms with Gasteiger partial charge in [-0.15, -0.1) is 0 Å².